The zero-order chi connectivity index (χ0) is 26.0. The molecule has 0 aliphatic heterocycles. The fourth-order valence-corrected chi connectivity index (χ4v) is 10.2. The Morgan fingerprint density at radius 1 is 0.487 bits per heavy atom. The molecule has 39 heavy (non-hydrogen) atoms. The van der Waals surface area contributed by atoms with Gasteiger partial charge in [0.2, 0.25) is 0 Å². The van der Waals surface area contributed by atoms with Crippen LogP contribution in [0.3, 0.4) is 0 Å². The first-order chi connectivity index (χ1) is 19.2. The summed E-state index contributed by atoms with van der Waals surface area (Å²) < 4.78 is 2.35. The van der Waals surface area contributed by atoms with Gasteiger partial charge in [-0.15, -0.1) is 0 Å². The molecule has 0 radical (unpaired) electrons. The van der Waals surface area contributed by atoms with Crippen LogP contribution in [0, 0.1) is 0 Å². The average molecular weight is 535 g/mol. The summed E-state index contributed by atoms with van der Waals surface area (Å²) >= 11 is 6.78. The van der Waals surface area contributed by atoms with Crippen molar-refractivity contribution in [3.05, 3.63) is 140 Å². The molecule has 2 nitrogen and oxygen atoms in total. The molecule has 0 amide bonds. The molecular weight excluding hydrogens is 511 g/mol. The molecule has 0 aliphatic carbocycles. The van der Waals surface area contributed by atoms with E-state index in [-0.39, 0.29) is 0 Å². The van der Waals surface area contributed by atoms with Gasteiger partial charge in [0, 0.05) is 27.5 Å². The van der Waals surface area contributed by atoms with Crippen LogP contribution in [0.1, 0.15) is 0 Å². The second kappa shape index (κ2) is 8.61. The van der Waals surface area contributed by atoms with Crippen LogP contribution in [0.25, 0.3) is 49.1 Å². The number of aromatic nitrogens is 2. The highest BCUT2D eigenvalue weighted by Gasteiger charge is 2.27. The molecule has 0 spiro atoms. The first-order valence-corrected chi connectivity index (χ1v) is 15.9. The fraction of sp³-hybridized carbons (Fsp3) is 0. The van der Waals surface area contributed by atoms with Crippen LogP contribution in [-0.2, 0) is 11.8 Å². The summed E-state index contributed by atoms with van der Waals surface area (Å²) in [5.74, 6) is 0. The van der Waals surface area contributed by atoms with E-state index in [1.807, 2.05) is 0 Å². The summed E-state index contributed by atoms with van der Waals surface area (Å²) in [7, 11) is 0. The number of hydrogen-bond donors (Lipinski definition) is 0. The van der Waals surface area contributed by atoms with Gasteiger partial charge in [0.25, 0.3) is 0 Å². The van der Waals surface area contributed by atoms with Crippen molar-refractivity contribution >= 4 is 82.9 Å². The van der Waals surface area contributed by atoms with Crippen molar-refractivity contribution in [3.8, 4) is 0 Å². The summed E-state index contributed by atoms with van der Waals surface area (Å²) in [5.41, 5.74) is 4.29. The summed E-state index contributed by atoms with van der Waals surface area (Å²) in [5, 5.41) is 9.63. The van der Waals surface area contributed by atoms with Crippen LogP contribution in [0.2, 0.25) is 0 Å². The van der Waals surface area contributed by atoms with E-state index in [4.69, 9.17) is 16.8 Å². The zero-order valence-corrected chi connectivity index (χ0v) is 22.7. The topological polar surface area (TPSA) is 17.3 Å². The highest BCUT2D eigenvalue weighted by atomic mass is 32.4. The van der Waals surface area contributed by atoms with Crippen molar-refractivity contribution in [1.82, 2.24) is 9.38 Å². The Kier molecular flexibility index (Phi) is 5.00. The lowest BCUT2D eigenvalue weighted by atomic mass is 10.0. The van der Waals surface area contributed by atoms with Crippen molar-refractivity contribution in [2.75, 3.05) is 0 Å². The molecule has 0 saturated heterocycles. The summed E-state index contributed by atoms with van der Waals surface area (Å²) in [6, 6.07) is 47.3. The Morgan fingerprint density at radius 3 is 1.79 bits per heavy atom. The van der Waals surface area contributed by atoms with E-state index in [0.717, 1.165) is 22.1 Å². The standard InChI is InChI=1S/C35H23N2PS/c39-38(24-12-3-1-4-13-24,25-14-5-2-6-15-25)33-21-11-18-28-27(33)22-23-29-26-16-7-8-17-30(26)35-36-31-19-9-10-20-32(31)37(35)34(28)29/h1-23H. The fourth-order valence-electron chi connectivity index (χ4n) is 6.11. The maximum absolute atomic E-state index is 6.78. The highest BCUT2D eigenvalue weighted by molar-refractivity contribution is 8.25. The molecule has 0 saturated carbocycles. The predicted octanol–water partition coefficient (Wildman–Crippen LogP) is 7.70. The summed E-state index contributed by atoms with van der Waals surface area (Å²) in [6.45, 7) is 0. The zero-order valence-electron chi connectivity index (χ0n) is 21.0. The molecule has 2 heterocycles. The second-order valence-corrected chi connectivity index (χ2v) is 14.3. The Balaban J connectivity index is 1.59. The van der Waals surface area contributed by atoms with Gasteiger partial charge in [0.1, 0.15) is 5.65 Å². The molecule has 8 aromatic rings. The van der Waals surface area contributed by atoms with E-state index < -0.39 is 6.04 Å². The Labute approximate surface area is 231 Å². The molecule has 2 aromatic heterocycles. The SMILES string of the molecule is S=P(c1ccccc1)(c1ccccc1)c1cccc2c1ccc1c3ccccc3c3nc4ccccc4n3c21. The second-order valence-electron chi connectivity index (χ2n) is 9.92. The summed E-state index contributed by atoms with van der Waals surface area (Å²) in [6.07, 6.45) is 0. The first kappa shape index (κ1) is 22.7. The minimum atomic E-state index is -2.33. The van der Waals surface area contributed by atoms with Crippen LogP contribution >= 0.6 is 6.04 Å². The largest absolute Gasteiger partial charge is 0.291 e. The lowest BCUT2D eigenvalue weighted by Crippen LogP contribution is -2.25. The van der Waals surface area contributed by atoms with Crippen molar-refractivity contribution in [2.45, 2.75) is 0 Å². The summed E-state index contributed by atoms with van der Waals surface area (Å²) in [4.78, 5) is 5.12. The lowest BCUT2D eigenvalue weighted by Gasteiger charge is -2.26. The van der Waals surface area contributed by atoms with Gasteiger partial charge in [-0.2, -0.15) is 0 Å². The van der Waals surface area contributed by atoms with E-state index in [0.29, 0.717) is 0 Å². The molecule has 8 rings (SSSR count). The maximum Gasteiger partial charge on any atom is 0.146 e. The molecule has 0 N–H and O–H groups in total. The average Bonchev–Trinajstić information content (AvgIpc) is 3.41. The van der Waals surface area contributed by atoms with E-state index in [9.17, 15) is 0 Å². The molecule has 0 fully saturated rings. The molecule has 184 valence electrons. The number of nitrogens with zero attached hydrogens (tertiary/aromatic N) is 2. The van der Waals surface area contributed by atoms with Crippen LogP contribution in [0.15, 0.2) is 140 Å². The number of imidazole rings is 1. The molecule has 0 atom stereocenters. The third-order valence-electron chi connectivity index (χ3n) is 7.83. The van der Waals surface area contributed by atoms with Crippen molar-refractivity contribution in [2.24, 2.45) is 0 Å². The van der Waals surface area contributed by atoms with Gasteiger partial charge in [0.15, 0.2) is 0 Å². The van der Waals surface area contributed by atoms with Gasteiger partial charge in [0.05, 0.1) is 16.6 Å². The number of rotatable bonds is 3. The molecule has 4 heteroatoms. The quantitative estimate of drug-likeness (QED) is 0.171. The molecule has 0 unspecified atom stereocenters. The molecule has 0 bridgehead atoms. The third-order valence-corrected chi connectivity index (χ3v) is 12.8. The van der Waals surface area contributed by atoms with E-state index in [1.165, 1.54) is 43.0 Å². The lowest BCUT2D eigenvalue weighted by molar-refractivity contribution is 1.32. The van der Waals surface area contributed by atoms with Gasteiger partial charge >= 0.3 is 0 Å². The number of fused-ring (bicyclic) bond motifs is 10. The number of hydrogen-bond acceptors (Lipinski definition) is 2. The Bertz CT molecular complexity index is 2210. The van der Waals surface area contributed by atoms with Crippen molar-refractivity contribution < 1.29 is 0 Å². The van der Waals surface area contributed by atoms with Crippen LogP contribution in [0.4, 0.5) is 0 Å². The Hall–Kier alpha value is -4.30. The highest BCUT2D eigenvalue weighted by Crippen LogP contribution is 2.46. The van der Waals surface area contributed by atoms with E-state index in [2.05, 4.69) is 144 Å². The van der Waals surface area contributed by atoms with Gasteiger partial charge in [-0.05, 0) is 33.5 Å². The molecule has 6 aromatic carbocycles. The van der Waals surface area contributed by atoms with Gasteiger partial charge in [-0.25, -0.2) is 4.98 Å². The van der Waals surface area contributed by atoms with E-state index in [1.54, 1.807) is 0 Å². The van der Waals surface area contributed by atoms with Gasteiger partial charge in [-0.1, -0.05) is 139 Å². The smallest absolute Gasteiger partial charge is 0.146 e. The molecule has 0 aliphatic rings. The maximum atomic E-state index is 6.78. The minimum Gasteiger partial charge on any atom is -0.291 e. The normalized spacial score (nSPS) is 12.2. The third kappa shape index (κ3) is 3.21. The Morgan fingerprint density at radius 2 is 1.05 bits per heavy atom. The monoisotopic (exact) mass is 534 g/mol. The van der Waals surface area contributed by atoms with Crippen LogP contribution < -0.4 is 15.9 Å². The first-order valence-electron chi connectivity index (χ1n) is 13.1. The van der Waals surface area contributed by atoms with Crippen LogP contribution in [0.5, 0.6) is 0 Å². The number of pyridine rings is 1. The van der Waals surface area contributed by atoms with E-state index >= 15 is 0 Å². The van der Waals surface area contributed by atoms with Crippen LogP contribution in [-0.4, -0.2) is 9.38 Å². The van der Waals surface area contributed by atoms with Crippen molar-refractivity contribution in [3.63, 3.8) is 0 Å². The number of benzene rings is 6. The number of para-hydroxylation sites is 2. The minimum absolute atomic E-state index is 0.989. The van der Waals surface area contributed by atoms with Gasteiger partial charge < -0.3 is 0 Å². The molecular formula is C35H23N2PS. The predicted molar refractivity (Wildman–Crippen MR) is 171 cm³/mol. The van der Waals surface area contributed by atoms with Gasteiger partial charge in [-0.3, -0.25) is 4.40 Å². The van der Waals surface area contributed by atoms with Crippen molar-refractivity contribution in [1.29, 1.82) is 0 Å².